The Bertz CT molecular complexity index is 537. The van der Waals surface area contributed by atoms with E-state index >= 15 is 0 Å². The lowest BCUT2D eigenvalue weighted by Gasteiger charge is -2.30. The second-order valence-corrected chi connectivity index (χ2v) is 6.69. The van der Waals surface area contributed by atoms with Crippen LogP contribution in [0, 0.1) is 5.41 Å². The van der Waals surface area contributed by atoms with Gasteiger partial charge in [-0.05, 0) is 39.5 Å². The molecule has 0 saturated carbocycles. The number of methoxy groups -OCH3 is 1. The van der Waals surface area contributed by atoms with Crippen molar-refractivity contribution >= 4 is 27.8 Å². The van der Waals surface area contributed by atoms with Gasteiger partial charge in [0.2, 0.25) is 0 Å². The van der Waals surface area contributed by atoms with Crippen LogP contribution in [0.5, 0.6) is 5.75 Å². The van der Waals surface area contributed by atoms with E-state index in [0.29, 0.717) is 15.8 Å². The molecule has 1 atom stereocenters. The van der Waals surface area contributed by atoms with Gasteiger partial charge < -0.3 is 15.2 Å². The monoisotopic (exact) mass is 357 g/mol. The van der Waals surface area contributed by atoms with Crippen molar-refractivity contribution in [1.82, 2.24) is 5.32 Å². The molecular weight excluding hydrogens is 338 g/mol. The van der Waals surface area contributed by atoms with Crippen molar-refractivity contribution in [3.05, 3.63) is 28.2 Å². The molecule has 0 radical (unpaired) electrons. The molecule has 0 aliphatic heterocycles. The number of hydrogen-bond acceptors (Lipinski definition) is 3. The third-order valence-corrected chi connectivity index (χ3v) is 3.76. The number of halogens is 1. The molecule has 2 N–H and O–H groups in total. The minimum Gasteiger partial charge on any atom is -0.496 e. The maximum absolute atomic E-state index is 12.3. The van der Waals surface area contributed by atoms with Gasteiger partial charge in [-0.25, -0.2) is 0 Å². The van der Waals surface area contributed by atoms with Crippen molar-refractivity contribution < 1.29 is 19.4 Å². The van der Waals surface area contributed by atoms with Gasteiger partial charge in [-0.1, -0.05) is 20.8 Å². The fraction of sp³-hybridized carbons (Fsp3) is 0.467. The molecule has 0 spiro atoms. The Morgan fingerprint density at radius 2 is 2.00 bits per heavy atom. The zero-order valence-electron chi connectivity index (χ0n) is 12.6. The van der Waals surface area contributed by atoms with E-state index in [4.69, 9.17) is 9.84 Å². The van der Waals surface area contributed by atoms with E-state index in [1.54, 1.807) is 25.3 Å². The number of hydrogen-bond donors (Lipinski definition) is 2. The molecule has 0 aliphatic carbocycles. The van der Waals surface area contributed by atoms with Crippen LogP contribution in [0.2, 0.25) is 0 Å². The molecule has 1 rings (SSSR count). The van der Waals surface area contributed by atoms with Gasteiger partial charge in [-0.15, -0.1) is 0 Å². The SMILES string of the molecule is COc1ccc(C(=O)NC(CC(=O)O)C(C)(C)C)cc1Br. The van der Waals surface area contributed by atoms with Crippen LogP contribution in [-0.2, 0) is 4.79 Å². The summed E-state index contributed by atoms with van der Waals surface area (Å²) in [6.07, 6.45) is -0.118. The first-order valence-corrected chi connectivity index (χ1v) is 7.30. The first-order chi connectivity index (χ1) is 9.65. The summed E-state index contributed by atoms with van der Waals surface area (Å²) < 4.78 is 5.78. The summed E-state index contributed by atoms with van der Waals surface area (Å²) in [5.74, 6) is -0.616. The summed E-state index contributed by atoms with van der Waals surface area (Å²) in [5, 5.41) is 11.8. The quantitative estimate of drug-likeness (QED) is 0.848. The number of nitrogens with one attached hydrogen (secondary N) is 1. The van der Waals surface area contributed by atoms with Crippen LogP contribution in [0.1, 0.15) is 37.6 Å². The summed E-state index contributed by atoms with van der Waals surface area (Å²) in [7, 11) is 1.54. The standard InChI is InChI=1S/C15H20BrNO4/c1-15(2,3)12(8-13(18)19)17-14(20)9-5-6-11(21-4)10(16)7-9/h5-7,12H,8H2,1-4H3,(H,17,20)(H,18,19). The number of aliphatic carboxylic acids is 1. The maximum atomic E-state index is 12.3. The molecule has 1 aromatic rings. The molecule has 0 aliphatic rings. The van der Waals surface area contributed by atoms with Crippen molar-refractivity contribution in [3.63, 3.8) is 0 Å². The number of rotatable bonds is 5. The lowest BCUT2D eigenvalue weighted by Crippen LogP contribution is -2.45. The van der Waals surface area contributed by atoms with Crippen LogP contribution in [-0.4, -0.2) is 30.1 Å². The summed E-state index contributed by atoms with van der Waals surface area (Å²) >= 11 is 3.32. The maximum Gasteiger partial charge on any atom is 0.305 e. The van der Waals surface area contributed by atoms with Gasteiger partial charge in [-0.2, -0.15) is 0 Å². The van der Waals surface area contributed by atoms with Gasteiger partial charge >= 0.3 is 5.97 Å². The lowest BCUT2D eigenvalue weighted by atomic mass is 9.84. The van der Waals surface area contributed by atoms with E-state index in [9.17, 15) is 9.59 Å². The Morgan fingerprint density at radius 1 is 1.38 bits per heavy atom. The average molecular weight is 358 g/mol. The van der Waals surface area contributed by atoms with Gasteiger partial charge in [0, 0.05) is 11.6 Å². The molecule has 1 unspecified atom stereocenters. The predicted octanol–water partition coefficient (Wildman–Crippen LogP) is 3.08. The molecule has 21 heavy (non-hydrogen) atoms. The molecule has 5 nitrogen and oxygen atoms in total. The zero-order chi connectivity index (χ0) is 16.2. The molecule has 1 aromatic carbocycles. The number of ether oxygens (including phenoxy) is 1. The Hall–Kier alpha value is -1.56. The van der Waals surface area contributed by atoms with Crippen LogP contribution in [0.25, 0.3) is 0 Å². The number of carbonyl (C=O) groups is 2. The van der Waals surface area contributed by atoms with Crippen molar-refractivity contribution in [3.8, 4) is 5.75 Å². The smallest absolute Gasteiger partial charge is 0.305 e. The number of carboxylic acid groups (broad SMARTS) is 1. The van der Waals surface area contributed by atoms with Crippen LogP contribution < -0.4 is 10.1 Å². The Kier molecular flexibility index (Phi) is 5.78. The van der Waals surface area contributed by atoms with Crippen LogP contribution in [0.4, 0.5) is 0 Å². The third kappa shape index (κ3) is 5.04. The van der Waals surface area contributed by atoms with E-state index in [2.05, 4.69) is 21.2 Å². The third-order valence-electron chi connectivity index (χ3n) is 3.14. The van der Waals surface area contributed by atoms with E-state index < -0.39 is 12.0 Å². The zero-order valence-corrected chi connectivity index (χ0v) is 14.2. The van der Waals surface area contributed by atoms with Crippen molar-refractivity contribution in [2.75, 3.05) is 7.11 Å². The van der Waals surface area contributed by atoms with Gasteiger partial charge in [-0.3, -0.25) is 9.59 Å². The van der Waals surface area contributed by atoms with Gasteiger partial charge in [0.25, 0.3) is 5.91 Å². The van der Waals surface area contributed by atoms with Crippen LogP contribution >= 0.6 is 15.9 Å². The highest BCUT2D eigenvalue weighted by atomic mass is 79.9. The fourth-order valence-corrected chi connectivity index (χ4v) is 2.34. The van der Waals surface area contributed by atoms with E-state index in [1.165, 1.54) is 0 Å². The number of carbonyl (C=O) groups excluding carboxylic acids is 1. The summed E-state index contributed by atoms with van der Waals surface area (Å²) in [6, 6.07) is 4.51. The molecular formula is C15H20BrNO4. The highest BCUT2D eigenvalue weighted by molar-refractivity contribution is 9.10. The van der Waals surface area contributed by atoms with Crippen molar-refractivity contribution in [2.24, 2.45) is 5.41 Å². The van der Waals surface area contributed by atoms with Crippen molar-refractivity contribution in [2.45, 2.75) is 33.2 Å². The number of benzene rings is 1. The normalized spacial score (nSPS) is 12.6. The highest BCUT2D eigenvalue weighted by Gasteiger charge is 2.28. The average Bonchev–Trinajstić information content (AvgIpc) is 2.36. The van der Waals surface area contributed by atoms with Crippen LogP contribution in [0.3, 0.4) is 0 Å². The highest BCUT2D eigenvalue weighted by Crippen LogP contribution is 2.26. The largest absolute Gasteiger partial charge is 0.496 e. The molecule has 116 valence electrons. The van der Waals surface area contributed by atoms with E-state index in [0.717, 1.165) is 0 Å². The van der Waals surface area contributed by atoms with Gasteiger partial charge in [0.1, 0.15) is 5.75 Å². The van der Waals surface area contributed by atoms with Gasteiger partial charge in [0.15, 0.2) is 0 Å². The summed E-state index contributed by atoms with van der Waals surface area (Å²) in [5.41, 5.74) is 0.0971. The molecule has 0 fully saturated rings. The predicted molar refractivity (Wildman–Crippen MR) is 83.7 cm³/mol. The second-order valence-electron chi connectivity index (χ2n) is 5.84. The fourth-order valence-electron chi connectivity index (χ4n) is 1.80. The molecule has 0 heterocycles. The number of carboxylic acids is 1. The summed E-state index contributed by atoms with van der Waals surface area (Å²) in [6.45, 7) is 5.68. The Morgan fingerprint density at radius 3 is 2.43 bits per heavy atom. The second kappa shape index (κ2) is 6.93. The topological polar surface area (TPSA) is 75.6 Å². The first kappa shape index (κ1) is 17.5. The minimum absolute atomic E-state index is 0.118. The first-order valence-electron chi connectivity index (χ1n) is 6.51. The summed E-state index contributed by atoms with van der Waals surface area (Å²) in [4.78, 5) is 23.2. The molecule has 0 bridgehead atoms. The minimum atomic E-state index is -0.939. The Labute approximate surface area is 132 Å². The lowest BCUT2D eigenvalue weighted by molar-refractivity contribution is -0.138. The molecule has 6 heteroatoms. The van der Waals surface area contributed by atoms with Crippen molar-refractivity contribution in [1.29, 1.82) is 0 Å². The molecule has 1 amide bonds. The van der Waals surface area contributed by atoms with Crippen LogP contribution in [0.15, 0.2) is 22.7 Å². The molecule has 0 saturated heterocycles. The Balaban J connectivity index is 2.91. The molecule has 0 aromatic heterocycles. The van der Waals surface area contributed by atoms with E-state index in [-0.39, 0.29) is 17.7 Å². The van der Waals surface area contributed by atoms with E-state index in [1.807, 2.05) is 20.8 Å². The number of amides is 1. The van der Waals surface area contributed by atoms with Gasteiger partial charge in [0.05, 0.1) is 18.0 Å².